The molecule has 0 amide bonds. The van der Waals surface area contributed by atoms with Crippen LogP contribution in [-0.2, 0) is 0 Å². The molecule has 2 heterocycles. The van der Waals surface area contributed by atoms with Gasteiger partial charge in [-0.25, -0.2) is 9.97 Å². The minimum Gasteiger partial charge on any atom is -0.456 e. The van der Waals surface area contributed by atoms with Gasteiger partial charge in [-0.1, -0.05) is 42.5 Å². The van der Waals surface area contributed by atoms with Crippen LogP contribution in [0.15, 0.2) is 71.1 Å². The largest absolute Gasteiger partial charge is 0.456 e. The van der Waals surface area contributed by atoms with Gasteiger partial charge in [0.2, 0.25) is 0 Å². The Morgan fingerprint density at radius 1 is 0.708 bits per heavy atom. The molecule has 24 heavy (non-hydrogen) atoms. The number of para-hydroxylation sites is 2. The Labute approximate surface area is 138 Å². The fourth-order valence-corrected chi connectivity index (χ4v) is 3.29. The van der Waals surface area contributed by atoms with Gasteiger partial charge >= 0.3 is 0 Å². The van der Waals surface area contributed by atoms with Crippen molar-refractivity contribution in [3.05, 3.63) is 72.6 Å². The SMILES string of the molecule is Cc1nc(-c2ccc3c(c2)oc2ccccc23)c2ccccc2n1. The molecule has 5 aromatic rings. The lowest BCUT2D eigenvalue weighted by Gasteiger charge is -2.07. The van der Waals surface area contributed by atoms with Crippen LogP contribution in [0.3, 0.4) is 0 Å². The Kier molecular flexibility index (Phi) is 2.71. The summed E-state index contributed by atoms with van der Waals surface area (Å²) in [6.07, 6.45) is 0. The van der Waals surface area contributed by atoms with Crippen molar-refractivity contribution in [1.29, 1.82) is 0 Å². The Bertz CT molecular complexity index is 1220. The summed E-state index contributed by atoms with van der Waals surface area (Å²) in [5.74, 6) is 0.772. The molecule has 0 bridgehead atoms. The molecule has 3 heteroatoms. The Hall–Kier alpha value is -3.20. The predicted octanol–water partition coefficient (Wildman–Crippen LogP) is 5.50. The number of aromatic nitrogens is 2. The van der Waals surface area contributed by atoms with Gasteiger partial charge < -0.3 is 4.42 Å². The fraction of sp³-hybridized carbons (Fsp3) is 0.0476. The maximum absolute atomic E-state index is 6.01. The molecule has 5 rings (SSSR count). The van der Waals surface area contributed by atoms with E-state index in [1.165, 1.54) is 0 Å². The third-order valence-electron chi connectivity index (χ3n) is 4.37. The molecule has 3 aromatic carbocycles. The van der Waals surface area contributed by atoms with E-state index in [1.54, 1.807) is 0 Å². The van der Waals surface area contributed by atoms with Gasteiger partial charge in [0.05, 0.1) is 11.2 Å². The molecular weight excluding hydrogens is 296 g/mol. The van der Waals surface area contributed by atoms with E-state index in [0.29, 0.717) is 0 Å². The number of furan rings is 1. The molecule has 0 saturated heterocycles. The maximum atomic E-state index is 6.01. The number of rotatable bonds is 1. The number of fused-ring (bicyclic) bond motifs is 4. The van der Waals surface area contributed by atoms with Gasteiger partial charge in [-0.15, -0.1) is 0 Å². The lowest BCUT2D eigenvalue weighted by molar-refractivity contribution is 0.669. The first-order chi connectivity index (χ1) is 11.8. The van der Waals surface area contributed by atoms with E-state index in [4.69, 9.17) is 4.42 Å². The molecule has 114 valence electrons. The first kappa shape index (κ1) is 13.3. The van der Waals surface area contributed by atoms with Crippen LogP contribution < -0.4 is 0 Å². The molecule has 0 N–H and O–H groups in total. The van der Waals surface area contributed by atoms with Gasteiger partial charge in [0.1, 0.15) is 17.0 Å². The summed E-state index contributed by atoms with van der Waals surface area (Å²) in [6.45, 7) is 1.93. The first-order valence-corrected chi connectivity index (χ1v) is 7.95. The smallest absolute Gasteiger partial charge is 0.136 e. The zero-order chi connectivity index (χ0) is 16.1. The van der Waals surface area contributed by atoms with Crippen LogP contribution in [0.5, 0.6) is 0 Å². The van der Waals surface area contributed by atoms with Crippen LogP contribution in [-0.4, -0.2) is 9.97 Å². The Morgan fingerprint density at radius 3 is 2.38 bits per heavy atom. The van der Waals surface area contributed by atoms with Gasteiger partial charge in [-0.3, -0.25) is 0 Å². The predicted molar refractivity (Wildman–Crippen MR) is 97.0 cm³/mol. The highest BCUT2D eigenvalue weighted by Crippen LogP contribution is 2.33. The molecule has 3 nitrogen and oxygen atoms in total. The van der Waals surface area contributed by atoms with Crippen LogP contribution in [0.2, 0.25) is 0 Å². The van der Waals surface area contributed by atoms with Crippen molar-refractivity contribution < 1.29 is 4.42 Å². The molecule has 0 aliphatic carbocycles. The third kappa shape index (κ3) is 1.91. The summed E-state index contributed by atoms with van der Waals surface area (Å²) < 4.78 is 6.01. The molecule has 0 aliphatic rings. The lowest BCUT2D eigenvalue weighted by Crippen LogP contribution is -1.93. The summed E-state index contributed by atoms with van der Waals surface area (Å²) in [6, 6.07) is 22.5. The molecular formula is C21H14N2O. The summed E-state index contributed by atoms with van der Waals surface area (Å²) in [7, 11) is 0. The summed E-state index contributed by atoms with van der Waals surface area (Å²) in [4.78, 5) is 9.20. The summed E-state index contributed by atoms with van der Waals surface area (Å²) in [5, 5.41) is 3.32. The van der Waals surface area contributed by atoms with E-state index < -0.39 is 0 Å². The van der Waals surface area contributed by atoms with Crippen molar-refractivity contribution in [3.63, 3.8) is 0 Å². The number of aryl methyl sites for hydroxylation is 1. The fourth-order valence-electron chi connectivity index (χ4n) is 3.29. The van der Waals surface area contributed by atoms with Gasteiger partial charge in [0, 0.05) is 21.7 Å². The van der Waals surface area contributed by atoms with Crippen LogP contribution in [0.4, 0.5) is 0 Å². The average molecular weight is 310 g/mol. The van der Waals surface area contributed by atoms with E-state index in [1.807, 2.05) is 43.3 Å². The highest BCUT2D eigenvalue weighted by Gasteiger charge is 2.11. The first-order valence-electron chi connectivity index (χ1n) is 7.95. The van der Waals surface area contributed by atoms with E-state index in [0.717, 1.165) is 49.9 Å². The van der Waals surface area contributed by atoms with E-state index >= 15 is 0 Å². The number of hydrogen-bond acceptors (Lipinski definition) is 3. The second-order valence-electron chi connectivity index (χ2n) is 5.95. The Morgan fingerprint density at radius 2 is 1.46 bits per heavy atom. The minimum atomic E-state index is 0.772. The highest BCUT2D eigenvalue weighted by atomic mass is 16.3. The van der Waals surface area contributed by atoms with Crippen molar-refractivity contribution in [2.75, 3.05) is 0 Å². The van der Waals surface area contributed by atoms with Crippen molar-refractivity contribution in [2.24, 2.45) is 0 Å². The van der Waals surface area contributed by atoms with Crippen molar-refractivity contribution >= 4 is 32.8 Å². The molecule has 2 aromatic heterocycles. The van der Waals surface area contributed by atoms with Gasteiger partial charge in [0.25, 0.3) is 0 Å². The van der Waals surface area contributed by atoms with Crippen molar-refractivity contribution in [1.82, 2.24) is 9.97 Å². The van der Waals surface area contributed by atoms with Crippen LogP contribution >= 0.6 is 0 Å². The number of hydrogen-bond donors (Lipinski definition) is 0. The minimum absolute atomic E-state index is 0.772. The lowest BCUT2D eigenvalue weighted by atomic mass is 10.0. The van der Waals surface area contributed by atoms with Gasteiger partial charge in [-0.2, -0.15) is 0 Å². The molecule has 0 unspecified atom stereocenters. The maximum Gasteiger partial charge on any atom is 0.136 e. The number of benzene rings is 3. The monoisotopic (exact) mass is 310 g/mol. The number of nitrogens with zero attached hydrogens (tertiary/aromatic N) is 2. The van der Waals surface area contributed by atoms with E-state index in [9.17, 15) is 0 Å². The zero-order valence-corrected chi connectivity index (χ0v) is 13.2. The third-order valence-corrected chi connectivity index (χ3v) is 4.37. The van der Waals surface area contributed by atoms with E-state index in [-0.39, 0.29) is 0 Å². The van der Waals surface area contributed by atoms with Crippen LogP contribution in [0, 0.1) is 6.92 Å². The quantitative estimate of drug-likeness (QED) is 0.410. The average Bonchev–Trinajstić information content (AvgIpc) is 2.98. The van der Waals surface area contributed by atoms with Crippen LogP contribution in [0.1, 0.15) is 5.82 Å². The standard InChI is InChI=1S/C21H14N2O/c1-13-22-18-8-4-2-7-17(18)21(23-13)14-10-11-16-15-6-3-5-9-19(15)24-20(16)12-14/h2-12H,1H3. The van der Waals surface area contributed by atoms with Gasteiger partial charge in [0.15, 0.2) is 0 Å². The van der Waals surface area contributed by atoms with Gasteiger partial charge in [-0.05, 0) is 31.2 Å². The molecule has 0 saturated carbocycles. The normalized spacial score (nSPS) is 11.5. The summed E-state index contributed by atoms with van der Waals surface area (Å²) >= 11 is 0. The van der Waals surface area contributed by atoms with Crippen LogP contribution in [0.25, 0.3) is 44.1 Å². The second kappa shape index (κ2) is 4.90. The highest BCUT2D eigenvalue weighted by molar-refractivity contribution is 6.06. The topological polar surface area (TPSA) is 38.9 Å². The van der Waals surface area contributed by atoms with Crippen molar-refractivity contribution in [2.45, 2.75) is 6.92 Å². The van der Waals surface area contributed by atoms with Crippen molar-refractivity contribution in [3.8, 4) is 11.3 Å². The molecule has 0 fully saturated rings. The molecule has 0 spiro atoms. The molecule has 0 radical (unpaired) electrons. The molecule has 0 aliphatic heterocycles. The zero-order valence-electron chi connectivity index (χ0n) is 13.2. The second-order valence-corrected chi connectivity index (χ2v) is 5.95. The summed E-state index contributed by atoms with van der Waals surface area (Å²) in [5.41, 5.74) is 4.75. The molecule has 0 atom stereocenters. The Balaban J connectivity index is 1.82. The van der Waals surface area contributed by atoms with E-state index in [2.05, 4.69) is 40.3 Å².